The van der Waals surface area contributed by atoms with Crippen LogP contribution in [0.1, 0.15) is 24.3 Å². The molecule has 0 radical (unpaired) electrons. The summed E-state index contributed by atoms with van der Waals surface area (Å²) in [5.41, 5.74) is 0.553. The fourth-order valence-electron chi connectivity index (χ4n) is 1.70. The number of benzene rings is 1. The number of nitrogens with zero attached hydrogens (tertiary/aromatic N) is 1. The normalized spacial score (nSPS) is 10.6. The number of anilines is 1. The predicted molar refractivity (Wildman–Crippen MR) is 89.4 cm³/mol. The molecule has 1 aromatic carbocycles. The van der Waals surface area contributed by atoms with Crippen LogP contribution in [0.4, 0.5) is 5.69 Å². The Bertz CT molecular complexity index is 705. The van der Waals surface area contributed by atoms with Gasteiger partial charge in [0, 0.05) is 5.69 Å². The van der Waals surface area contributed by atoms with Gasteiger partial charge in [0.15, 0.2) is 0 Å². The van der Waals surface area contributed by atoms with Crippen molar-refractivity contribution in [2.75, 3.05) is 5.32 Å². The number of carbonyl (C=O) groups is 1. The Hall–Kier alpha value is -1.49. The van der Waals surface area contributed by atoms with E-state index in [0.717, 1.165) is 0 Å². The Morgan fingerprint density at radius 3 is 2.50 bits per heavy atom. The van der Waals surface area contributed by atoms with Crippen molar-refractivity contribution in [2.45, 2.75) is 20.0 Å². The largest absolute Gasteiger partial charge is 0.489 e. The van der Waals surface area contributed by atoms with Crippen LogP contribution in [-0.2, 0) is 0 Å². The zero-order valence-electron chi connectivity index (χ0n) is 11.9. The van der Waals surface area contributed by atoms with Crippen LogP contribution in [-0.4, -0.2) is 17.0 Å². The molecule has 0 aliphatic rings. The third-order valence-electron chi connectivity index (χ3n) is 2.58. The molecule has 2 aromatic rings. The number of ether oxygens (including phenoxy) is 1. The van der Waals surface area contributed by atoms with Gasteiger partial charge < -0.3 is 10.1 Å². The number of pyridine rings is 1. The van der Waals surface area contributed by atoms with Gasteiger partial charge in [-0.2, -0.15) is 0 Å². The molecule has 1 N–H and O–H groups in total. The minimum Gasteiger partial charge on any atom is -0.489 e. The van der Waals surface area contributed by atoms with Gasteiger partial charge in [0.05, 0.1) is 16.1 Å². The molecule has 7 heteroatoms. The SMILES string of the molecule is CC(C)Oc1ccc(NC(=O)c2nc(Cl)ccc2Cl)cc1Cl. The molecule has 2 rings (SSSR count). The van der Waals surface area contributed by atoms with Gasteiger partial charge in [0.1, 0.15) is 16.6 Å². The number of nitrogens with one attached hydrogen (secondary N) is 1. The maximum Gasteiger partial charge on any atom is 0.275 e. The maximum absolute atomic E-state index is 12.2. The molecule has 0 atom stereocenters. The molecule has 1 aromatic heterocycles. The van der Waals surface area contributed by atoms with E-state index in [1.54, 1.807) is 18.2 Å². The molecule has 0 aliphatic heterocycles. The third kappa shape index (κ3) is 4.26. The van der Waals surface area contributed by atoms with Crippen LogP contribution in [0.25, 0.3) is 0 Å². The Morgan fingerprint density at radius 1 is 1.14 bits per heavy atom. The molecule has 0 unspecified atom stereocenters. The van der Waals surface area contributed by atoms with Crippen molar-refractivity contribution in [3.8, 4) is 5.75 Å². The first-order chi connectivity index (χ1) is 10.4. The molecule has 4 nitrogen and oxygen atoms in total. The van der Waals surface area contributed by atoms with E-state index in [9.17, 15) is 4.79 Å². The number of hydrogen-bond acceptors (Lipinski definition) is 3. The number of hydrogen-bond donors (Lipinski definition) is 1. The zero-order valence-corrected chi connectivity index (χ0v) is 14.1. The smallest absolute Gasteiger partial charge is 0.275 e. The maximum atomic E-state index is 12.2. The summed E-state index contributed by atoms with van der Waals surface area (Å²) in [5, 5.41) is 3.47. The van der Waals surface area contributed by atoms with Gasteiger partial charge in [-0.3, -0.25) is 4.79 Å². The number of aromatic nitrogens is 1. The lowest BCUT2D eigenvalue weighted by Crippen LogP contribution is -2.14. The van der Waals surface area contributed by atoms with Gasteiger partial charge in [-0.25, -0.2) is 4.98 Å². The topological polar surface area (TPSA) is 51.2 Å². The van der Waals surface area contributed by atoms with E-state index < -0.39 is 5.91 Å². The third-order valence-corrected chi connectivity index (χ3v) is 3.39. The minimum absolute atomic E-state index is 0.00686. The van der Waals surface area contributed by atoms with Crippen LogP contribution in [0.5, 0.6) is 5.75 Å². The van der Waals surface area contributed by atoms with E-state index in [2.05, 4.69) is 10.3 Å². The number of carbonyl (C=O) groups excluding carboxylic acids is 1. The van der Waals surface area contributed by atoms with Crippen LogP contribution < -0.4 is 10.1 Å². The fourth-order valence-corrected chi connectivity index (χ4v) is 2.26. The molecule has 22 heavy (non-hydrogen) atoms. The van der Waals surface area contributed by atoms with E-state index in [-0.39, 0.29) is 22.0 Å². The van der Waals surface area contributed by atoms with Crippen LogP contribution in [0.15, 0.2) is 30.3 Å². The highest BCUT2D eigenvalue weighted by molar-refractivity contribution is 6.35. The van der Waals surface area contributed by atoms with Gasteiger partial charge >= 0.3 is 0 Å². The molecule has 116 valence electrons. The van der Waals surface area contributed by atoms with Gasteiger partial charge in [-0.05, 0) is 44.2 Å². The fraction of sp³-hybridized carbons (Fsp3) is 0.200. The highest BCUT2D eigenvalue weighted by Crippen LogP contribution is 2.29. The Morgan fingerprint density at radius 2 is 1.86 bits per heavy atom. The molecule has 1 amide bonds. The lowest BCUT2D eigenvalue weighted by atomic mass is 10.2. The van der Waals surface area contributed by atoms with E-state index >= 15 is 0 Å². The van der Waals surface area contributed by atoms with Crippen molar-refractivity contribution in [3.63, 3.8) is 0 Å². The second kappa shape index (κ2) is 7.18. The Balaban J connectivity index is 2.18. The average Bonchev–Trinajstić information content (AvgIpc) is 2.44. The van der Waals surface area contributed by atoms with E-state index in [4.69, 9.17) is 39.5 Å². The van der Waals surface area contributed by atoms with Gasteiger partial charge in [0.25, 0.3) is 5.91 Å². The number of halogens is 3. The first-order valence-corrected chi connectivity index (χ1v) is 7.60. The Labute approximate surface area is 143 Å². The van der Waals surface area contributed by atoms with Gasteiger partial charge in [-0.1, -0.05) is 34.8 Å². The van der Waals surface area contributed by atoms with Crippen molar-refractivity contribution in [1.29, 1.82) is 0 Å². The molecule has 1 heterocycles. The lowest BCUT2D eigenvalue weighted by molar-refractivity contribution is 0.102. The summed E-state index contributed by atoms with van der Waals surface area (Å²) < 4.78 is 5.53. The molecular formula is C15H13Cl3N2O2. The van der Waals surface area contributed by atoms with Crippen LogP contribution in [0, 0.1) is 0 Å². The quantitative estimate of drug-likeness (QED) is 0.774. The lowest BCUT2D eigenvalue weighted by Gasteiger charge is -2.13. The summed E-state index contributed by atoms with van der Waals surface area (Å²) in [5.74, 6) is 0.0784. The Kier molecular flexibility index (Phi) is 5.51. The monoisotopic (exact) mass is 358 g/mol. The second-order valence-corrected chi connectivity index (χ2v) is 5.93. The molecule has 0 saturated heterocycles. The first-order valence-electron chi connectivity index (χ1n) is 6.46. The van der Waals surface area contributed by atoms with Crippen LogP contribution in [0.3, 0.4) is 0 Å². The summed E-state index contributed by atoms with van der Waals surface area (Å²) in [6.07, 6.45) is 0.00686. The summed E-state index contributed by atoms with van der Waals surface area (Å²) in [4.78, 5) is 16.1. The second-order valence-electron chi connectivity index (χ2n) is 4.73. The van der Waals surface area contributed by atoms with Crippen molar-refractivity contribution in [3.05, 3.63) is 51.2 Å². The van der Waals surface area contributed by atoms with Crippen molar-refractivity contribution in [1.82, 2.24) is 4.98 Å². The molecule has 0 aliphatic carbocycles. The summed E-state index contributed by atoms with van der Waals surface area (Å²) in [6.45, 7) is 3.80. The number of amides is 1. The first kappa shape index (κ1) is 16.9. The van der Waals surface area contributed by atoms with E-state index in [1.165, 1.54) is 12.1 Å². The van der Waals surface area contributed by atoms with Crippen molar-refractivity contribution < 1.29 is 9.53 Å². The van der Waals surface area contributed by atoms with Gasteiger partial charge in [-0.15, -0.1) is 0 Å². The number of rotatable bonds is 4. The van der Waals surface area contributed by atoms with Crippen LogP contribution >= 0.6 is 34.8 Å². The van der Waals surface area contributed by atoms with E-state index in [1.807, 2.05) is 13.8 Å². The molecule has 0 fully saturated rings. The van der Waals surface area contributed by atoms with Crippen LogP contribution in [0.2, 0.25) is 15.2 Å². The summed E-state index contributed by atoms with van der Waals surface area (Å²) >= 11 is 17.8. The zero-order chi connectivity index (χ0) is 16.3. The highest BCUT2D eigenvalue weighted by atomic mass is 35.5. The van der Waals surface area contributed by atoms with Crippen molar-refractivity contribution in [2.24, 2.45) is 0 Å². The average molecular weight is 360 g/mol. The van der Waals surface area contributed by atoms with E-state index in [0.29, 0.717) is 16.5 Å². The highest BCUT2D eigenvalue weighted by Gasteiger charge is 2.14. The molecule has 0 spiro atoms. The van der Waals surface area contributed by atoms with Gasteiger partial charge in [0.2, 0.25) is 0 Å². The molecule has 0 bridgehead atoms. The predicted octanol–water partition coefficient (Wildman–Crippen LogP) is 5.08. The summed E-state index contributed by atoms with van der Waals surface area (Å²) in [6, 6.07) is 7.98. The standard InChI is InChI=1S/C15H13Cl3N2O2/c1-8(2)22-12-5-3-9(7-11(12)17)19-15(21)14-10(16)4-6-13(18)20-14/h3-8H,1-2H3,(H,19,21). The minimum atomic E-state index is -0.471. The van der Waals surface area contributed by atoms with Crippen molar-refractivity contribution >= 4 is 46.4 Å². The summed E-state index contributed by atoms with van der Waals surface area (Å²) in [7, 11) is 0. The molecular weight excluding hydrogens is 347 g/mol. The molecule has 0 saturated carbocycles.